The van der Waals surface area contributed by atoms with Crippen LogP contribution >= 0.6 is 0 Å². The van der Waals surface area contributed by atoms with Gasteiger partial charge in [-0.2, -0.15) is 0 Å². The lowest BCUT2D eigenvalue weighted by Gasteiger charge is -2.26. The molecule has 27 heavy (non-hydrogen) atoms. The van der Waals surface area contributed by atoms with Crippen LogP contribution in [-0.4, -0.2) is 42.4 Å². The minimum Gasteiger partial charge on any atom is -0.353 e. The van der Waals surface area contributed by atoms with Gasteiger partial charge in [-0.3, -0.25) is 14.5 Å². The maximum atomic E-state index is 12.6. The van der Waals surface area contributed by atoms with Crippen LogP contribution in [0.5, 0.6) is 0 Å². The summed E-state index contributed by atoms with van der Waals surface area (Å²) in [6.45, 7) is 15.5. The molecule has 0 saturated heterocycles. The molecule has 2 N–H and O–H groups in total. The highest BCUT2D eigenvalue weighted by Crippen LogP contribution is 2.24. The van der Waals surface area contributed by atoms with Crippen molar-refractivity contribution in [2.24, 2.45) is 5.92 Å². The fraction of sp³-hybridized carbons (Fsp3) is 0.636. The molecule has 0 saturated carbocycles. The van der Waals surface area contributed by atoms with Crippen LogP contribution in [0.25, 0.3) is 0 Å². The van der Waals surface area contributed by atoms with E-state index in [-0.39, 0.29) is 42.9 Å². The first-order valence-electron chi connectivity index (χ1n) is 10.0. The van der Waals surface area contributed by atoms with Crippen molar-refractivity contribution in [2.45, 2.75) is 66.5 Å². The second-order valence-electron chi connectivity index (χ2n) is 8.14. The second kappa shape index (κ2) is 11.1. The number of amides is 2. The fourth-order valence-corrected chi connectivity index (χ4v) is 3.00. The Kier molecular flexibility index (Phi) is 9.50. The Morgan fingerprint density at radius 1 is 0.852 bits per heavy atom. The van der Waals surface area contributed by atoms with Gasteiger partial charge in [-0.15, -0.1) is 0 Å². The van der Waals surface area contributed by atoms with Crippen molar-refractivity contribution in [1.82, 2.24) is 15.5 Å². The van der Waals surface area contributed by atoms with E-state index in [2.05, 4.69) is 62.6 Å². The number of likely N-dealkylation sites (N-methyl/N-ethyl adjacent to an activating group) is 1. The lowest BCUT2D eigenvalue weighted by atomic mass is 9.93. The summed E-state index contributed by atoms with van der Waals surface area (Å²) in [6, 6.07) is 8.54. The summed E-state index contributed by atoms with van der Waals surface area (Å²) in [5.41, 5.74) is 2.41. The summed E-state index contributed by atoms with van der Waals surface area (Å²) >= 11 is 0. The second-order valence-corrected chi connectivity index (χ2v) is 8.14. The lowest BCUT2D eigenvalue weighted by molar-refractivity contribution is -0.125. The highest BCUT2D eigenvalue weighted by atomic mass is 16.2. The van der Waals surface area contributed by atoms with Crippen molar-refractivity contribution in [3.63, 3.8) is 0 Å². The van der Waals surface area contributed by atoms with Crippen molar-refractivity contribution in [3.8, 4) is 0 Å². The summed E-state index contributed by atoms with van der Waals surface area (Å²) < 4.78 is 0. The first kappa shape index (κ1) is 23.2. The van der Waals surface area contributed by atoms with Crippen LogP contribution in [0.1, 0.15) is 71.6 Å². The van der Waals surface area contributed by atoms with E-state index in [4.69, 9.17) is 0 Å². The van der Waals surface area contributed by atoms with E-state index in [1.807, 2.05) is 25.7 Å². The van der Waals surface area contributed by atoms with Gasteiger partial charge in [-0.25, -0.2) is 0 Å². The van der Waals surface area contributed by atoms with E-state index in [0.29, 0.717) is 12.5 Å². The van der Waals surface area contributed by atoms with E-state index >= 15 is 0 Å². The third-order valence-corrected chi connectivity index (χ3v) is 4.58. The van der Waals surface area contributed by atoms with E-state index < -0.39 is 0 Å². The Morgan fingerprint density at radius 2 is 1.33 bits per heavy atom. The Labute approximate surface area is 164 Å². The number of carbonyl (C=O) groups excluding carboxylic acids is 2. The van der Waals surface area contributed by atoms with Crippen molar-refractivity contribution >= 4 is 11.8 Å². The molecular weight excluding hydrogens is 338 g/mol. The zero-order chi connectivity index (χ0) is 20.6. The predicted octanol–water partition coefficient (Wildman–Crippen LogP) is 3.47. The third-order valence-electron chi connectivity index (χ3n) is 4.58. The molecule has 5 heteroatoms. The summed E-state index contributed by atoms with van der Waals surface area (Å²) in [7, 11) is 0. The monoisotopic (exact) mass is 375 g/mol. The molecular formula is C22H37N3O2. The van der Waals surface area contributed by atoms with Crippen LogP contribution in [0, 0.1) is 5.92 Å². The fourth-order valence-electron chi connectivity index (χ4n) is 3.00. The average molecular weight is 376 g/mol. The number of hydrogen-bond donors (Lipinski definition) is 2. The normalized spacial score (nSPS) is 12.7. The largest absolute Gasteiger partial charge is 0.353 e. The molecule has 1 aromatic carbocycles. The highest BCUT2D eigenvalue weighted by molar-refractivity contribution is 5.81. The predicted molar refractivity (Wildman–Crippen MR) is 112 cm³/mol. The maximum absolute atomic E-state index is 12.6. The minimum atomic E-state index is -0.0548. The van der Waals surface area contributed by atoms with Gasteiger partial charge in [-0.05, 0) is 43.4 Å². The molecule has 1 aromatic rings. The molecule has 0 spiro atoms. The minimum absolute atomic E-state index is 0.0399. The van der Waals surface area contributed by atoms with Crippen LogP contribution in [-0.2, 0) is 9.59 Å². The number of carbonyl (C=O) groups is 2. The van der Waals surface area contributed by atoms with Crippen molar-refractivity contribution < 1.29 is 9.59 Å². The molecule has 5 nitrogen and oxygen atoms in total. The van der Waals surface area contributed by atoms with E-state index in [1.165, 1.54) is 5.56 Å². The van der Waals surface area contributed by atoms with Gasteiger partial charge in [0.05, 0.1) is 19.1 Å². The highest BCUT2D eigenvalue weighted by Gasteiger charge is 2.20. The maximum Gasteiger partial charge on any atom is 0.234 e. The number of nitrogens with one attached hydrogen (secondary N) is 2. The van der Waals surface area contributed by atoms with E-state index in [9.17, 15) is 9.59 Å². The zero-order valence-corrected chi connectivity index (χ0v) is 18.0. The van der Waals surface area contributed by atoms with Gasteiger partial charge in [0.1, 0.15) is 0 Å². The van der Waals surface area contributed by atoms with Gasteiger partial charge in [0.15, 0.2) is 0 Å². The SMILES string of the molecule is CCN(CC(=O)NC(C)C)CC(=O)N[C@@H](c1ccc(C(C)C)cc1)C(C)C. The standard InChI is InChI=1S/C22H37N3O2/c1-8-25(13-20(26)23-17(6)7)14-21(27)24-22(16(4)5)19-11-9-18(10-12-19)15(2)3/h9-12,15-17,22H,8,13-14H2,1-7H3,(H,23,26)(H,24,27)/t22-/m1/s1. The molecule has 0 aliphatic rings. The van der Waals surface area contributed by atoms with Gasteiger partial charge in [0.25, 0.3) is 0 Å². The van der Waals surface area contributed by atoms with E-state index in [1.54, 1.807) is 0 Å². The molecule has 1 atom stereocenters. The zero-order valence-electron chi connectivity index (χ0n) is 18.0. The van der Waals surface area contributed by atoms with E-state index in [0.717, 1.165) is 5.56 Å². The summed E-state index contributed by atoms with van der Waals surface area (Å²) in [4.78, 5) is 26.4. The topological polar surface area (TPSA) is 61.4 Å². The molecule has 0 aromatic heterocycles. The summed E-state index contributed by atoms with van der Waals surface area (Å²) in [5, 5.41) is 6.02. The summed E-state index contributed by atoms with van der Waals surface area (Å²) in [6.07, 6.45) is 0. The van der Waals surface area contributed by atoms with Gasteiger partial charge < -0.3 is 10.6 Å². The molecule has 0 heterocycles. The molecule has 0 aliphatic heterocycles. The van der Waals surface area contributed by atoms with Crippen LogP contribution in [0.2, 0.25) is 0 Å². The smallest absolute Gasteiger partial charge is 0.234 e. The molecule has 152 valence electrons. The van der Waals surface area contributed by atoms with Gasteiger partial charge in [0, 0.05) is 6.04 Å². The Morgan fingerprint density at radius 3 is 1.74 bits per heavy atom. The van der Waals surface area contributed by atoms with Gasteiger partial charge >= 0.3 is 0 Å². The molecule has 1 rings (SSSR count). The number of rotatable bonds is 10. The molecule has 0 radical (unpaired) electrons. The molecule has 0 bridgehead atoms. The van der Waals surface area contributed by atoms with Crippen molar-refractivity contribution in [1.29, 1.82) is 0 Å². The number of benzene rings is 1. The molecule has 0 unspecified atom stereocenters. The number of nitrogens with zero attached hydrogens (tertiary/aromatic N) is 1. The Bertz CT molecular complexity index is 594. The molecule has 0 fully saturated rings. The van der Waals surface area contributed by atoms with Crippen molar-refractivity contribution in [3.05, 3.63) is 35.4 Å². The third kappa shape index (κ3) is 8.12. The average Bonchev–Trinajstić information content (AvgIpc) is 2.58. The lowest BCUT2D eigenvalue weighted by Crippen LogP contribution is -2.45. The van der Waals surface area contributed by atoms with Gasteiger partial charge in [-0.1, -0.05) is 58.9 Å². The van der Waals surface area contributed by atoms with Gasteiger partial charge in [0.2, 0.25) is 11.8 Å². The number of hydrogen-bond acceptors (Lipinski definition) is 3. The Balaban J connectivity index is 2.73. The van der Waals surface area contributed by atoms with Crippen molar-refractivity contribution in [2.75, 3.05) is 19.6 Å². The van der Waals surface area contributed by atoms with Crippen LogP contribution < -0.4 is 10.6 Å². The van der Waals surface area contributed by atoms with Crippen LogP contribution in [0.15, 0.2) is 24.3 Å². The Hall–Kier alpha value is -1.88. The quantitative estimate of drug-likeness (QED) is 0.658. The molecule has 2 amide bonds. The summed E-state index contributed by atoms with van der Waals surface area (Å²) in [5.74, 6) is 0.657. The molecule has 0 aliphatic carbocycles. The first-order valence-corrected chi connectivity index (χ1v) is 10.0. The van der Waals surface area contributed by atoms with Crippen LogP contribution in [0.3, 0.4) is 0 Å². The van der Waals surface area contributed by atoms with Crippen LogP contribution in [0.4, 0.5) is 0 Å². The first-order chi connectivity index (χ1) is 12.6.